The summed E-state index contributed by atoms with van der Waals surface area (Å²) in [5.74, 6) is 0.0201. The normalized spacial score (nSPS) is 17.3. The molecule has 3 heterocycles. The zero-order valence-electron chi connectivity index (χ0n) is 23.5. The van der Waals surface area contributed by atoms with E-state index in [-0.39, 0.29) is 17.4 Å². The van der Waals surface area contributed by atoms with Crippen LogP contribution in [0.2, 0.25) is 0 Å². The van der Waals surface area contributed by atoms with Crippen LogP contribution in [0.4, 0.5) is 0 Å². The molecule has 3 aromatic rings. The molecule has 1 aromatic carbocycles. The van der Waals surface area contributed by atoms with E-state index in [1.165, 1.54) is 16.9 Å². The third kappa shape index (κ3) is 5.78. The summed E-state index contributed by atoms with van der Waals surface area (Å²) in [7, 11) is 0. The van der Waals surface area contributed by atoms with Gasteiger partial charge in [-0.2, -0.15) is 0 Å². The first kappa shape index (κ1) is 28.3. The molecule has 8 heteroatoms. The van der Waals surface area contributed by atoms with Crippen molar-refractivity contribution in [1.29, 1.82) is 0 Å². The predicted molar refractivity (Wildman–Crippen MR) is 167 cm³/mol. The molecule has 1 fully saturated rings. The van der Waals surface area contributed by atoms with Crippen LogP contribution in [0.25, 0.3) is 33.6 Å². The van der Waals surface area contributed by atoms with Crippen LogP contribution in [0.3, 0.4) is 0 Å². The summed E-state index contributed by atoms with van der Waals surface area (Å²) < 4.78 is 1.73. The minimum Gasteiger partial charge on any atom is -0.336 e. The smallest absolute Gasteiger partial charge is 0.265 e. The highest BCUT2D eigenvalue weighted by Gasteiger charge is 2.29. The summed E-state index contributed by atoms with van der Waals surface area (Å²) >= 11 is 7.94. The molecular formula is C32H35ClN4O2S. The van der Waals surface area contributed by atoms with Crippen LogP contribution in [0.5, 0.6) is 0 Å². The second-order valence-corrected chi connectivity index (χ2v) is 12.0. The van der Waals surface area contributed by atoms with Crippen molar-refractivity contribution >= 4 is 40.6 Å². The van der Waals surface area contributed by atoms with Crippen LogP contribution in [0, 0.1) is 12.8 Å². The number of nitrogens with zero attached hydrogens (tertiary/aromatic N) is 3. The number of carbonyl (C=O) groups is 1. The Morgan fingerprint density at radius 2 is 1.93 bits per heavy atom. The average Bonchev–Trinajstić information content (AvgIpc) is 3.43. The zero-order chi connectivity index (χ0) is 28.4. The van der Waals surface area contributed by atoms with Gasteiger partial charge in [-0.1, -0.05) is 60.0 Å². The van der Waals surface area contributed by atoms with Crippen molar-refractivity contribution in [3.8, 4) is 21.8 Å². The molecule has 0 bridgehead atoms. The van der Waals surface area contributed by atoms with Gasteiger partial charge in [0.15, 0.2) is 0 Å². The minimum absolute atomic E-state index is 0.0783. The third-order valence-corrected chi connectivity index (χ3v) is 8.57. The Morgan fingerprint density at radius 3 is 2.60 bits per heavy atom. The van der Waals surface area contributed by atoms with Crippen molar-refractivity contribution in [2.45, 2.75) is 40.5 Å². The Balaban J connectivity index is 1.76. The Hall–Kier alpha value is -3.26. The molecule has 5 rings (SSSR count). The van der Waals surface area contributed by atoms with Gasteiger partial charge in [0.1, 0.15) is 5.01 Å². The Labute approximate surface area is 244 Å². The molecule has 1 N–H and O–H groups in total. The zero-order valence-corrected chi connectivity index (χ0v) is 25.0. The molecule has 6 nitrogen and oxygen atoms in total. The van der Waals surface area contributed by atoms with E-state index in [2.05, 4.69) is 31.3 Å². The standard InChI is InChI=1S/C32H35ClN4O2S/c1-5-22-10-11-24(33)17-28(22)37-29(16-20(2)3)25(31(38)36-14-12-34-13-15-36)18-26(32(37)39)30-35-27(19-40-30)23-8-6-21(4)7-9-23/h6-9,11,16-19,22,34H,5,10,12-15H2,1-4H3/t22-/m1/s1. The van der Waals surface area contributed by atoms with Gasteiger partial charge in [-0.05, 0) is 51.8 Å². The van der Waals surface area contributed by atoms with Crippen molar-refractivity contribution in [1.82, 2.24) is 19.8 Å². The van der Waals surface area contributed by atoms with E-state index in [0.717, 1.165) is 48.5 Å². The van der Waals surface area contributed by atoms with E-state index in [1.807, 2.05) is 54.5 Å². The lowest BCUT2D eigenvalue weighted by atomic mass is 9.92. The number of hydrogen-bond acceptors (Lipinski definition) is 5. The number of hydrogen-bond donors (Lipinski definition) is 1. The number of thiazole rings is 1. The molecule has 0 radical (unpaired) electrons. The van der Waals surface area contributed by atoms with Crippen LogP contribution in [0.1, 0.15) is 55.2 Å². The molecule has 1 aliphatic heterocycles. The van der Waals surface area contributed by atoms with Crippen LogP contribution >= 0.6 is 22.9 Å². The molecule has 1 saturated heterocycles. The van der Waals surface area contributed by atoms with Gasteiger partial charge in [-0.3, -0.25) is 14.2 Å². The van der Waals surface area contributed by atoms with E-state index in [9.17, 15) is 9.59 Å². The highest BCUT2D eigenvalue weighted by atomic mass is 35.5. The maximum Gasteiger partial charge on any atom is 0.265 e. The van der Waals surface area contributed by atoms with E-state index in [0.29, 0.717) is 40.0 Å². The van der Waals surface area contributed by atoms with E-state index >= 15 is 0 Å². The quantitative estimate of drug-likeness (QED) is 0.351. The number of rotatable bonds is 6. The van der Waals surface area contributed by atoms with E-state index in [4.69, 9.17) is 16.6 Å². The molecule has 1 aliphatic carbocycles. The average molecular weight is 575 g/mol. The fourth-order valence-electron chi connectivity index (χ4n) is 5.24. The number of aryl methyl sites for hydroxylation is 1. The fourth-order valence-corrected chi connectivity index (χ4v) is 6.27. The lowest BCUT2D eigenvalue weighted by molar-refractivity contribution is 0.0735. The van der Waals surface area contributed by atoms with Crippen molar-refractivity contribution in [2.75, 3.05) is 26.2 Å². The maximum absolute atomic E-state index is 14.4. The molecule has 208 valence electrons. The lowest BCUT2D eigenvalue weighted by Gasteiger charge is -2.30. The topological polar surface area (TPSA) is 67.2 Å². The lowest BCUT2D eigenvalue weighted by Crippen LogP contribution is -2.47. The van der Waals surface area contributed by atoms with Crippen molar-refractivity contribution in [2.24, 2.45) is 5.92 Å². The summed E-state index contributed by atoms with van der Waals surface area (Å²) in [6, 6.07) is 9.94. The van der Waals surface area contributed by atoms with Gasteiger partial charge in [0.2, 0.25) is 0 Å². The summed E-state index contributed by atoms with van der Waals surface area (Å²) in [6.45, 7) is 10.8. The number of nitrogens with one attached hydrogen (secondary N) is 1. The van der Waals surface area contributed by atoms with Gasteiger partial charge in [0, 0.05) is 53.8 Å². The predicted octanol–water partition coefficient (Wildman–Crippen LogP) is 6.81. The molecule has 40 heavy (non-hydrogen) atoms. The van der Waals surface area contributed by atoms with Crippen LogP contribution < -0.4 is 10.9 Å². The maximum atomic E-state index is 14.4. The molecule has 0 spiro atoms. The van der Waals surface area contributed by atoms with Gasteiger partial charge in [-0.25, -0.2) is 4.98 Å². The van der Waals surface area contributed by atoms with E-state index in [1.54, 1.807) is 10.6 Å². The van der Waals surface area contributed by atoms with Crippen molar-refractivity contribution in [3.05, 3.63) is 85.6 Å². The number of pyridine rings is 1. The number of amides is 1. The molecule has 1 amide bonds. The summed E-state index contributed by atoms with van der Waals surface area (Å²) in [5.41, 5.74) is 6.13. The van der Waals surface area contributed by atoms with Gasteiger partial charge < -0.3 is 10.2 Å². The van der Waals surface area contributed by atoms with Crippen LogP contribution in [0.15, 0.2) is 63.3 Å². The first-order valence-corrected chi connectivity index (χ1v) is 15.1. The largest absolute Gasteiger partial charge is 0.336 e. The molecule has 1 atom stereocenters. The van der Waals surface area contributed by atoms with Crippen molar-refractivity contribution < 1.29 is 4.79 Å². The van der Waals surface area contributed by atoms with Gasteiger partial charge in [-0.15, -0.1) is 11.3 Å². The van der Waals surface area contributed by atoms with Gasteiger partial charge in [0.05, 0.1) is 22.5 Å². The van der Waals surface area contributed by atoms with Crippen LogP contribution in [-0.2, 0) is 0 Å². The Bertz CT molecular complexity index is 1570. The first-order valence-electron chi connectivity index (χ1n) is 13.8. The van der Waals surface area contributed by atoms with E-state index < -0.39 is 0 Å². The Morgan fingerprint density at radius 1 is 1.20 bits per heavy atom. The summed E-state index contributed by atoms with van der Waals surface area (Å²) in [6.07, 6.45) is 7.40. The minimum atomic E-state index is -0.190. The second kappa shape index (κ2) is 12.1. The number of aromatic nitrogens is 2. The van der Waals surface area contributed by atoms with Crippen molar-refractivity contribution in [3.63, 3.8) is 0 Å². The molecule has 2 aromatic heterocycles. The van der Waals surface area contributed by atoms with Gasteiger partial charge in [0.25, 0.3) is 11.5 Å². The molecule has 0 unspecified atom stereocenters. The molecule has 2 aliphatic rings. The number of halogens is 1. The molecule has 0 saturated carbocycles. The highest BCUT2D eigenvalue weighted by molar-refractivity contribution is 7.13. The monoisotopic (exact) mass is 574 g/mol. The number of benzene rings is 1. The summed E-state index contributed by atoms with van der Waals surface area (Å²) in [4.78, 5) is 35.3. The molecular weight excluding hydrogens is 540 g/mol. The SMILES string of the molecule is CC[C@@H]1CC=C(Cl)C=C1n1c(C=C(C)C)c(C(=O)N2CCNCC2)cc(-c2nc(-c3ccc(C)cc3)cs2)c1=O. The number of piperazine rings is 1. The van der Waals surface area contributed by atoms with Crippen LogP contribution in [-0.4, -0.2) is 46.5 Å². The van der Waals surface area contributed by atoms with Gasteiger partial charge >= 0.3 is 0 Å². The third-order valence-electron chi connectivity index (χ3n) is 7.43. The highest BCUT2D eigenvalue weighted by Crippen LogP contribution is 2.35. The number of carbonyl (C=O) groups excluding carboxylic acids is 1. The summed E-state index contributed by atoms with van der Waals surface area (Å²) in [5, 5.41) is 6.49. The Kier molecular flexibility index (Phi) is 8.54. The number of allylic oxidation sites excluding steroid dienone is 5. The second-order valence-electron chi connectivity index (χ2n) is 10.7. The first-order chi connectivity index (χ1) is 19.3. The fraction of sp³-hybridized carbons (Fsp3) is 0.344.